The summed E-state index contributed by atoms with van der Waals surface area (Å²) < 4.78 is 0. The lowest BCUT2D eigenvalue weighted by atomic mass is 10.0. The minimum Gasteiger partial charge on any atom is -0.397 e. The van der Waals surface area contributed by atoms with E-state index in [9.17, 15) is 4.79 Å². The number of nitrogen functional groups attached to an aromatic ring is 2. The quantitative estimate of drug-likeness (QED) is 0.683. The first-order valence-corrected chi connectivity index (χ1v) is 5.49. The van der Waals surface area contributed by atoms with Gasteiger partial charge in [0.15, 0.2) is 0 Å². The van der Waals surface area contributed by atoms with Crippen molar-refractivity contribution in [1.82, 2.24) is 4.98 Å². The van der Waals surface area contributed by atoms with Crippen molar-refractivity contribution in [3.63, 3.8) is 0 Å². The molecule has 0 radical (unpaired) electrons. The van der Waals surface area contributed by atoms with E-state index in [0.29, 0.717) is 17.8 Å². The van der Waals surface area contributed by atoms with Crippen molar-refractivity contribution in [3.8, 4) is 0 Å². The summed E-state index contributed by atoms with van der Waals surface area (Å²) >= 11 is 0. The van der Waals surface area contributed by atoms with Crippen LogP contribution in [0.3, 0.4) is 0 Å². The van der Waals surface area contributed by atoms with Gasteiger partial charge in [0.05, 0.1) is 17.1 Å². The summed E-state index contributed by atoms with van der Waals surface area (Å²) in [4.78, 5) is 18.7. The summed E-state index contributed by atoms with van der Waals surface area (Å²) in [6.45, 7) is 2.74. The highest BCUT2D eigenvalue weighted by atomic mass is 16.1. The molecule has 2 heterocycles. The summed E-state index contributed by atoms with van der Waals surface area (Å²) in [5, 5.41) is 0. The molecule has 86 valence electrons. The van der Waals surface area contributed by atoms with Crippen molar-refractivity contribution in [2.24, 2.45) is 4.99 Å². The molecule has 0 atom stereocenters. The van der Waals surface area contributed by atoms with Gasteiger partial charge in [0.1, 0.15) is 5.69 Å². The number of nitrogens with zero attached hydrogens (tertiary/aromatic N) is 1. The zero-order chi connectivity index (χ0) is 11.7. The van der Waals surface area contributed by atoms with Crippen LogP contribution in [0.15, 0.2) is 9.79 Å². The van der Waals surface area contributed by atoms with Crippen LogP contribution in [0, 0.1) is 0 Å². The fourth-order valence-electron chi connectivity index (χ4n) is 2.03. The van der Waals surface area contributed by atoms with E-state index in [4.69, 9.17) is 11.5 Å². The van der Waals surface area contributed by atoms with Gasteiger partial charge in [-0.1, -0.05) is 6.92 Å². The Morgan fingerprint density at radius 3 is 2.69 bits per heavy atom. The Balaban J connectivity index is 2.63. The summed E-state index contributed by atoms with van der Waals surface area (Å²) in [6, 6.07) is 0. The molecule has 0 bridgehead atoms. The number of aliphatic imine (C=N–C) groups is 1. The van der Waals surface area contributed by atoms with E-state index < -0.39 is 0 Å². The molecule has 1 aliphatic rings. The standard InChI is InChI=1S/C11H16N4O/c1-2-6-8(12)10(7-4-3-5-14-7)15-11(16)9(6)13/h2-5,12-13H2,1H3,(H,15,16). The molecule has 0 unspecified atom stereocenters. The molecule has 2 rings (SSSR count). The van der Waals surface area contributed by atoms with Gasteiger partial charge in [0.2, 0.25) is 0 Å². The molecule has 5 nitrogen and oxygen atoms in total. The summed E-state index contributed by atoms with van der Waals surface area (Å²) in [5.41, 5.74) is 14.5. The Morgan fingerprint density at radius 1 is 1.38 bits per heavy atom. The van der Waals surface area contributed by atoms with Crippen LogP contribution < -0.4 is 17.0 Å². The highest BCUT2D eigenvalue weighted by Gasteiger charge is 2.17. The van der Waals surface area contributed by atoms with Crippen molar-refractivity contribution in [2.45, 2.75) is 26.2 Å². The average Bonchev–Trinajstić information content (AvgIpc) is 2.77. The normalized spacial score (nSPS) is 15.2. The predicted octanol–water partition coefficient (Wildman–Crippen LogP) is 0.685. The Kier molecular flexibility index (Phi) is 2.68. The highest BCUT2D eigenvalue weighted by molar-refractivity contribution is 6.04. The average molecular weight is 220 g/mol. The molecular formula is C11H16N4O. The van der Waals surface area contributed by atoms with Gasteiger partial charge in [-0.2, -0.15) is 0 Å². The monoisotopic (exact) mass is 220 g/mol. The second kappa shape index (κ2) is 4.00. The van der Waals surface area contributed by atoms with Crippen molar-refractivity contribution in [2.75, 3.05) is 18.0 Å². The third-order valence-corrected chi connectivity index (χ3v) is 2.92. The van der Waals surface area contributed by atoms with Gasteiger partial charge >= 0.3 is 0 Å². The molecule has 0 amide bonds. The van der Waals surface area contributed by atoms with Crippen molar-refractivity contribution in [1.29, 1.82) is 0 Å². The molecule has 5 N–H and O–H groups in total. The molecular weight excluding hydrogens is 204 g/mol. The van der Waals surface area contributed by atoms with Gasteiger partial charge < -0.3 is 16.5 Å². The number of pyridine rings is 1. The third-order valence-electron chi connectivity index (χ3n) is 2.92. The minimum atomic E-state index is -0.268. The molecule has 0 saturated carbocycles. The van der Waals surface area contributed by atoms with Crippen molar-refractivity contribution >= 4 is 17.1 Å². The second-order valence-corrected chi connectivity index (χ2v) is 3.92. The predicted molar refractivity (Wildman–Crippen MR) is 65.9 cm³/mol. The van der Waals surface area contributed by atoms with E-state index in [0.717, 1.165) is 30.7 Å². The second-order valence-electron chi connectivity index (χ2n) is 3.92. The topological polar surface area (TPSA) is 97.3 Å². The Labute approximate surface area is 93.6 Å². The van der Waals surface area contributed by atoms with Gasteiger partial charge in [-0.15, -0.1) is 0 Å². The van der Waals surface area contributed by atoms with Gasteiger partial charge in [0, 0.05) is 12.1 Å². The van der Waals surface area contributed by atoms with Crippen LogP contribution >= 0.6 is 0 Å². The molecule has 16 heavy (non-hydrogen) atoms. The summed E-state index contributed by atoms with van der Waals surface area (Å²) in [7, 11) is 0. The molecule has 1 aromatic heterocycles. The van der Waals surface area contributed by atoms with Gasteiger partial charge in [0.25, 0.3) is 5.56 Å². The van der Waals surface area contributed by atoms with E-state index >= 15 is 0 Å². The van der Waals surface area contributed by atoms with Crippen LogP contribution in [-0.4, -0.2) is 17.2 Å². The van der Waals surface area contributed by atoms with E-state index in [1.165, 1.54) is 0 Å². The van der Waals surface area contributed by atoms with Crippen LogP contribution in [0.2, 0.25) is 0 Å². The van der Waals surface area contributed by atoms with Crippen LogP contribution in [-0.2, 0) is 6.42 Å². The highest BCUT2D eigenvalue weighted by Crippen LogP contribution is 2.22. The number of aromatic amines is 1. The first-order valence-electron chi connectivity index (χ1n) is 5.49. The zero-order valence-electron chi connectivity index (χ0n) is 9.34. The van der Waals surface area contributed by atoms with Crippen molar-refractivity contribution < 1.29 is 0 Å². The SMILES string of the molecule is CCc1c(N)c(C2=NCCC2)[nH]c(=O)c1N. The molecule has 1 aliphatic heterocycles. The summed E-state index contributed by atoms with van der Waals surface area (Å²) in [5.74, 6) is 0. The molecule has 1 aromatic rings. The smallest absolute Gasteiger partial charge is 0.271 e. The van der Waals surface area contributed by atoms with E-state index in [1.807, 2.05) is 6.92 Å². The summed E-state index contributed by atoms with van der Waals surface area (Å²) in [6.07, 6.45) is 2.54. The Hall–Kier alpha value is -1.78. The molecule has 0 spiro atoms. The Morgan fingerprint density at radius 2 is 2.12 bits per heavy atom. The van der Waals surface area contributed by atoms with E-state index in [1.54, 1.807) is 0 Å². The molecule has 0 aliphatic carbocycles. The number of anilines is 2. The number of hydrogen-bond donors (Lipinski definition) is 3. The lowest BCUT2D eigenvalue weighted by Gasteiger charge is -2.11. The van der Waals surface area contributed by atoms with Gasteiger partial charge in [-0.3, -0.25) is 9.79 Å². The van der Waals surface area contributed by atoms with Crippen molar-refractivity contribution in [3.05, 3.63) is 21.6 Å². The molecule has 0 aromatic carbocycles. The number of hydrogen-bond acceptors (Lipinski definition) is 4. The number of nitrogens with one attached hydrogen (secondary N) is 1. The minimum absolute atomic E-state index is 0.224. The number of H-pyrrole nitrogens is 1. The first kappa shape index (κ1) is 10.7. The fraction of sp³-hybridized carbons (Fsp3) is 0.455. The van der Waals surface area contributed by atoms with Gasteiger partial charge in [-0.05, 0) is 19.3 Å². The largest absolute Gasteiger partial charge is 0.397 e. The zero-order valence-corrected chi connectivity index (χ0v) is 9.34. The van der Waals surface area contributed by atoms with E-state index in [2.05, 4.69) is 9.98 Å². The molecule has 0 saturated heterocycles. The van der Waals surface area contributed by atoms with Crippen LogP contribution in [0.1, 0.15) is 31.0 Å². The Bertz CT molecular complexity index is 501. The lowest BCUT2D eigenvalue weighted by Crippen LogP contribution is -2.21. The van der Waals surface area contributed by atoms with Crippen LogP contribution in [0.25, 0.3) is 0 Å². The fourth-order valence-corrected chi connectivity index (χ4v) is 2.03. The van der Waals surface area contributed by atoms with Crippen LogP contribution in [0.5, 0.6) is 0 Å². The lowest BCUT2D eigenvalue weighted by molar-refractivity contribution is 0.950. The molecule has 0 fully saturated rings. The van der Waals surface area contributed by atoms with E-state index in [-0.39, 0.29) is 11.2 Å². The van der Waals surface area contributed by atoms with Crippen LogP contribution in [0.4, 0.5) is 11.4 Å². The number of aromatic nitrogens is 1. The third kappa shape index (κ3) is 1.58. The maximum atomic E-state index is 11.6. The number of nitrogens with two attached hydrogens (primary N) is 2. The van der Waals surface area contributed by atoms with Gasteiger partial charge in [-0.25, -0.2) is 0 Å². The number of rotatable bonds is 2. The first-order chi connectivity index (χ1) is 7.65. The molecule has 5 heteroatoms. The maximum absolute atomic E-state index is 11.6. The maximum Gasteiger partial charge on any atom is 0.271 e.